The van der Waals surface area contributed by atoms with E-state index in [1.807, 2.05) is 11.9 Å². The minimum atomic E-state index is -0.888. The number of likely N-dealkylation sites (tertiary alicyclic amines) is 1. The highest BCUT2D eigenvalue weighted by atomic mass is 16.6. The first kappa shape index (κ1) is 26.6. The van der Waals surface area contributed by atoms with Gasteiger partial charge in [-0.3, -0.25) is 24.6 Å². The van der Waals surface area contributed by atoms with Gasteiger partial charge in [-0.25, -0.2) is 4.79 Å². The van der Waals surface area contributed by atoms with Gasteiger partial charge in [-0.15, -0.1) is 0 Å². The molecule has 11 nitrogen and oxygen atoms in total. The van der Waals surface area contributed by atoms with Gasteiger partial charge < -0.3 is 18.9 Å². The molecule has 0 radical (unpaired) electrons. The summed E-state index contributed by atoms with van der Waals surface area (Å²) in [4.78, 5) is 50.0. The second kappa shape index (κ2) is 11.2. The second-order valence-corrected chi connectivity index (χ2v) is 8.40. The number of methoxy groups -OCH3 is 2. The zero-order valence-electron chi connectivity index (χ0n) is 20.7. The summed E-state index contributed by atoms with van der Waals surface area (Å²) >= 11 is 0. The molecule has 2 aromatic rings. The van der Waals surface area contributed by atoms with Crippen molar-refractivity contribution in [1.82, 2.24) is 4.90 Å². The molecule has 0 spiro atoms. The molecule has 0 N–H and O–H groups in total. The molecule has 1 saturated heterocycles. The molecule has 3 rings (SSSR count). The number of nitro benzene ring substituents is 1. The fourth-order valence-electron chi connectivity index (χ4n) is 4.44. The molecule has 0 bridgehead atoms. The fourth-order valence-corrected chi connectivity index (χ4v) is 4.44. The van der Waals surface area contributed by atoms with E-state index in [0.717, 1.165) is 6.07 Å². The molecular weight excluding hydrogens is 472 g/mol. The number of nitro groups is 1. The number of ether oxygens (including phenoxy) is 4. The Morgan fingerprint density at radius 2 is 1.81 bits per heavy atom. The van der Waals surface area contributed by atoms with Crippen LogP contribution in [0.3, 0.4) is 0 Å². The highest BCUT2D eigenvalue weighted by molar-refractivity contribution is 6.02. The zero-order valence-corrected chi connectivity index (χ0v) is 20.7. The van der Waals surface area contributed by atoms with Gasteiger partial charge in [0.2, 0.25) is 0 Å². The van der Waals surface area contributed by atoms with Crippen LogP contribution in [0.2, 0.25) is 0 Å². The van der Waals surface area contributed by atoms with Gasteiger partial charge in [0.25, 0.3) is 5.69 Å². The lowest BCUT2D eigenvalue weighted by Crippen LogP contribution is -2.34. The maximum atomic E-state index is 13.2. The van der Waals surface area contributed by atoms with Crippen LogP contribution in [0.5, 0.6) is 17.2 Å². The molecule has 192 valence electrons. The van der Waals surface area contributed by atoms with E-state index in [1.54, 1.807) is 6.07 Å². The molecule has 1 fully saturated rings. The summed E-state index contributed by atoms with van der Waals surface area (Å²) < 4.78 is 22.1. The van der Waals surface area contributed by atoms with Gasteiger partial charge in [0.1, 0.15) is 23.7 Å². The summed E-state index contributed by atoms with van der Waals surface area (Å²) in [5.74, 6) is -1.65. The first-order valence-electron chi connectivity index (χ1n) is 11.2. The number of esters is 2. The number of ketones is 1. The third-order valence-corrected chi connectivity index (χ3v) is 6.18. The molecule has 1 aliphatic rings. The summed E-state index contributed by atoms with van der Waals surface area (Å²) in [5.41, 5.74) is 0.140. The van der Waals surface area contributed by atoms with E-state index in [4.69, 9.17) is 18.9 Å². The Morgan fingerprint density at radius 3 is 2.39 bits per heavy atom. The monoisotopic (exact) mass is 500 g/mol. The van der Waals surface area contributed by atoms with Crippen molar-refractivity contribution in [2.45, 2.75) is 32.2 Å². The molecule has 1 aliphatic heterocycles. The van der Waals surface area contributed by atoms with Crippen LogP contribution in [0.4, 0.5) is 5.69 Å². The lowest BCUT2D eigenvalue weighted by Gasteiger charge is -2.28. The number of rotatable bonds is 9. The predicted molar refractivity (Wildman–Crippen MR) is 128 cm³/mol. The van der Waals surface area contributed by atoms with Gasteiger partial charge in [0.05, 0.1) is 30.7 Å². The number of likely N-dealkylation sites (N-methyl/N-ethyl adjacent to an activating group) is 1. The Labute approximate surface area is 208 Å². The molecule has 0 aromatic heterocycles. The van der Waals surface area contributed by atoms with E-state index in [-0.39, 0.29) is 46.9 Å². The Morgan fingerprint density at radius 1 is 1.11 bits per heavy atom. The molecular formula is C25H28N2O9. The quantitative estimate of drug-likeness (QED) is 0.166. The minimum Gasteiger partial charge on any atom is -0.496 e. The van der Waals surface area contributed by atoms with Crippen LogP contribution < -0.4 is 14.2 Å². The highest BCUT2D eigenvalue weighted by Gasteiger charge is 2.40. The molecule has 11 heteroatoms. The van der Waals surface area contributed by atoms with Crippen molar-refractivity contribution >= 4 is 23.4 Å². The maximum Gasteiger partial charge on any atom is 0.343 e. The van der Waals surface area contributed by atoms with Crippen LogP contribution in [0.1, 0.15) is 52.5 Å². The maximum absolute atomic E-state index is 13.2. The number of Topliss-reactive ketones (excluding diaryl/α,β-unsaturated/α-hetero) is 1. The molecule has 36 heavy (non-hydrogen) atoms. The second-order valence-electron chi connectivity index (χ2n) is 8.40. The van der Waals surface area contributed by atoms with Gasteiger partial charge in [0, 0.05) is 36.6 Å². The van der Waals surface area contributed by atoms with Crippen LogP contribution in [-0.2, 0) is 9.53 Å². The van der Waals surface area contributed by atoms with Crippen molar-refractivity contribution in [3.05, 3.63) is 57.1 Å². The SMILES string of the molecule is COc1cc(OC)c([C@@H]2CCN(C)[C@H]2COC(C)=O)c(OC(=O)c2cccc([N+](=O)[O-])c2)c1C(C)=O. The molecule has 2 aromatic carbocycles. The van der Waals surface area contributed by atoms with Crippen molar-refractivity contribution in [3.63, 3.8) is 0 Å². The van der Waals surface area contributed by atoms with Gasteiger partial charge >= 0.3 is 11.9 Å². The van der Waals surface area contributed by atoms with Crippen LogP contribution in [-0.4, -0.2) is 68.0 Å². The van der Waals surface area contributed by atoms with Crippen LogP contribution >= 0.6 is 0 Å². The topological polar surface area (TPSA) is 135 Å². The van der Waals surface area contributed by atoms with Crippen molar-refractivity contribution in [1.29, 1.82) is 0 Å². The normalized spacial score (nSPS) is 17.4. The smallest absolute Gasteiger partial charge is 0.343 e. The van der Waals surface area contributed by atoms with Gasteiger partial charge in [-0.05, 0) is 33.0 Å². The van der Waals surface area contributed by atoms with Crippen molar-refractivity contribution < 1.29 is 38.3 Å². The summed E-state index contributed by atoms with van der Waals surface area (Å²) in [7, 11) is 4.70. The molecule has 2 atom stereocenters. The number of non-ortho nitro benzene ring substituents is 1. The van der Waals surface area contributed by atoms with E-state index < -0.39 is 22.6 Å². The summed E-state index contributed by atoms with van der Waals surface area (Å²) in [5, 5.41) is 11.2. The Kier molecular flexibility index (Phi) is 8.25. The molecule has 1 heterocycles. The predicted octanol–water partition coefficient (Wildman–Crippen LogP) is 3.38. The number of hydrogen-bond donors (Lipinski definition) is 0. The number of nitrogens with zero attached hydrogens (tertiary/aromatic N) is 2. The summed E-state index contributed by atoms with van der Waals surface area (Å²) in [6.07, 6.45) is 0.601. The third-order valence-electron chi connectivity index (χ3n) is 6.18. The van der Waals surface area contributed by atoms with Crippen LogP contribution in [0.25, 0.3) is 0 Å². The average molecular weight is 501 g/mol. The van der Waals surface area contributed by atoms with E-state index in [1.165, 1.54) is 46.3 Å². The van der Waals surface area contributed by atoms with Gasteiger partial charge in [0.15, 0.2) is 11.5 Å². The first-order chi connectivity index (χ1) is 17.1. The largest absolute Gasteiger partial charge is 0.496 e. The third kappa shape index (κ3) is 5.46. The molecule has 0 unspecified atom stereocenters. The van der Waals surface area contributed by atoms with E-state index in [9.17, 15) is 24.5 Å². The Bertz CT molecular complexity index is 1190. The number of benzene rings is 2. The van der Waals surface area contributed by atoms with Crippen molar-refractivity contribution in [3.8, 4) is 17.2 Å². The average Bonchev–Trinajstić information content (AvgIpc) is 3.21. The number of carbonyl (C=O) groups excluding carboxylic acids is 3. The lowest BCUT2D eigenvalue weighted by atomic mass is 9.87. The highest BCUT2D eigenvalue weighted by Crippen LogP contribution is 2.48. The molecule has 0 amide bonds. The lowest BCUT2D eigenvalue weighted by molar-refractivity contribution is -0.384. The van der Waals surface area contributed by atoms with Gasteiger partial charge in [-0.1, -0.05) is 6.07 Å². The number of hydrogen-bond acceptors (Lipinski definition) is 10. The van der Waals surface area contributed by atoms with E-state index in [2.05, 4.69) is 0 Å². The molecule has 0 saturated carbocycles. The minimum absolute atomic E-state index is 0.0351. The fraction of sp³-hybridized carbons (Fsp3) is 0.400. The van der Waals surface area contributed by atoms with Crippen LogP contribution in [0, 0.1) is 10.1 Å². The zero-order chi connectivity index (χ0) is 26.6. The standard InChI is InChI=1S/C25H28N2O9/c1-14(28)22-20(33-4)12-21(34-5)23(18-9-10-26(3)19(18)13-35-15(2)29)24(22)36-25(30)16-7-6-8-17(11-16)27(31)32/h6-8,11-12,18-19H,9-10,13H2,1-5H3/t18-,19+/m1/s1. The molecule has 0 aliphatic carbocycles. The van der Waals surface area contributed by atoms with Gasteiger partial charge in [-0.2, -0.15) is 0 Å². The summed E-state index contributed by atoms with van der Waals surface area (Å²) in [6, 6.07) is 6.37. The summed E-state index contributed by atoms with van der Waals surface area (Å²) in [6.45, 7) is 3.37. The van der Waals surface area contributed by atoms with E-state index in [0.29, 0.717) is 24.3 Å². The van der Waals surface area contributed by atoms with Crippen molar-refractivity contribution in [2.75, 3.05) is 34.4 Å². The first-order valence-corrected chi connectivity index (χ1v) is 11.2. The number of carbonyl (C=O) groups is 3. The Balaban J connectivity index is 2.19. The van der Waals surface area contributed by atoms with Crippen molar-refractivity contribution in [2.24, 2.45) is 0 Å². The van der Waals surface area contributed by atoms with Crippen LogP contribution in [0.15, 0.2) is 30.3 Å². The Hall–Kier alpha value is -3.99. The van der Waals surface area contributed by atoms with E-state index >= 15 is 0 Å².